The molecule has 5 aromatic carbocycles. The Balaban J connectivity index is 1.32. The highest BCUT2D eigenvalue weighted by atomic mass is 15.1. The Bertz CT molecular complexity index is 1560. The van der Waals surface area contributed by atoms with Crippen LogP contribution in [-0.4, -0.2) is 9.97 Å². The Hall–Kier alpha value is -5.02. The Morgan fingerprint density at radius 3 is 1.46 bits per heavy atom. The molecule has 0 N–H and O–H groups in total. The van der Waals surface area contributed by atoms with Gasteiger partial charge in [-0.3, -0.25) is 0 Å². The van der Waals surface area contributed by atoms with Gasteiger partial charge >= 0.3 is 0 Å². The number of benzene rings is 5. The van der Waals surface area contributed by atoms with Crippen molar-refractivity contribution in [1.82, 2.24) is 9.97 Å². The Kier molecular flexibility index (Phi) is 6.25. The molecule has 0 radical (unpaired) electrons. The van der Waals surface area contributed by atoms with E-state index in [4.69, 9.17) is 0 Å². The maximum Gasteiger partial charge on any atom is 0.116 e. The molecule has 0 saturated carbocycles. The molecular weight excluding hydrogens is 450 g/mol. The van der Waals surface area contributed by atoms with Crippen LogP contribution >= 0.6 is 0 Å². The second-order valence-electron chi connectivity index (χ2n) is 8.79. The summed E-state index contributed by atoms with van der Waals surface area (Å²) >= 11 is 0. The SMILES string of the molecule is c1ccc(-c2cc(-c3cccc(-c4ccc(N(c5ccccc5)c5ccccc5)cc4)c3)ncn2)cc1. The molecule has 176 valence electrons. The first-order chi connectivity index (χ1) is 18.3. The van der Waals surface area contributed by atoms with Gasteiger partial charge in [0.15, 0.2) is 0 Å². The van der Waals surface area contributed by atoms with Gasteiger partial charge in [0.25, 0.3) is 0 Å². The smallest absolute Gasteiger partial charge is 0.116 e. The number of rotatable bonds is 6. The van der Waals surface area contributed by atoms with Crippen molar-refractivity contribution in [2.75, 3.05) is 4.90 Å². The number of anilines is 3. The number of nitrogens with zero attached hydrogens (tertiary/aromatic N) is 3. The summed E-state index contributed by atoms with van der Waals surface area (Å²) in [6, 6.07) is 50.4. The van der Waals surface area contributed by atoms with Gasteiger partial charge in [0.05, 0.1) is 11.4 Å². The van der Waals surface area contributed by atoms with Crippen LogP contribution in [0.2, 0.25) is 0 Å². The van der Waals surface area contributed by atoms with E-state index in [1.807, 2.05) is 30.3 Å². The van der Waals surface area contributed by atoms with Gasteiger partial charge in [-0.1, -0.05) is 97.1 Å². The third-order valence-corrected chi connectivity index (χ3v) is 6.38. The molecule has 0 bridgehead atoms. The van der Waals surface area contributed by atoms with Crippen molar-refractivity contribution in [3.8, 4) is 33.6 Å². The normalized spacial score (nSPS) is 10.7. The van der Waals surface area contributed by atoms with E-state index in [9.17, 15) is 0 Å². The van der Waals surface area contributed by atoms with Crippen molar-refractivity contribution in [3.05, 3.63) is 152 Å². The van der Waals surface area contributed by atoms with E-state index in [0.29, 0.717) is 0 Å². The van der Waals surface area contributed by atoms with E-state index in [1.54, 1.807) is 6.33 Å². The van der Waals surface area contributed by atoms with E-state index >= 15 is 0 Å². The summed E-state index contributed by atoms with van der Waals surface area (Å²) in [5.74, 6) is 0. The van der Waals surface area contributed by atoms with Crippen LogP contribution in [0.4, 0.5) is 17.1 Å². The predicted octanol–water partition coefficient (Wildman–Crippen LogP) is 8.95. The lowest BCUT2D eigenvalue weighted by Gasteiger charge is -2.25. The maximum absolute atomic E-state index is 4.56. The molecule has 37 heavy (non-hydrogen) atoms. The maximum atomic E-state index is 4.56. The van der Waals surface area contributed by atoms with Gasteiger partial charge in [0, 0.05) is 28.2 Å². The Labute approximate surface area is 217 Å². The largest absolute Gasteiger partial charge is 0.311 e. The van der Waals surface area contributed by atoms with Crippen LogP contribution in [0.15, 0.2) is 152 Å². The van der Waals surface area contributed by atoms with Crippen LogP contribution in [0.1, 0.15) is 0 Å². The lowest BCUT2D eigenvalue weighted by atomic mass is 10.0. The van der Waals surface area contributed by atoms with E-state index in [-0.39, 0.29) is 0 Å². The highest BCUT2D eigenvalue weighted by Crippen LogP contribution is 2.35. The molecule has 6 rings (SSSR count). The molecule has 1 heterocycles. The van der Waals surface area contributed by atoms with Crippen LogP contribution in [0.3, 0.4) is 0 Å². The van der Waals surface area contributed by atoms with Crippen molar-refractivity contribution in [3.63, 3.8) is 0 Å². The van der Waals surface area contributed by atoms with Crippen LogP contribution in [0.5, 0.6) is 0 Å². The van der Waals surface area contributed by atoms with Gasteiger partial charge in [0.1, 0.15) is 6.33 Å². The van der Waals surface area contributed by atoms with Crippen molar-refractivity contribution >= 4 is 17.1 Å². The second-order valence-corrected chi connectivity index (χ2v) is 8.79. The van der Waals surface area contributed by atoms with Gasteiger partial charge in [-0.25, -0.2) is 9.97 Å². The molecule has 0 unspecified atom stereocenters. The molecule has 0 aliphatic rings. The van der Waals surface area contributed by atoms with Gasteiger partial charge < -0.3 is 4.90 Å². The van der Waals surface area contributed by atoms with Crippen LogP contribution in [0.25, 0.3) is 33.6 Å². The van der Waals surface area contributed by atoms with Crippen LogP contribution < -0.4 is 4.90 Å². The summed E-state index contributed by atoms with van der Waals surface area (Å²) in [7, 11) is 0. The fraction of sp³-hybridized carbons (Fsp3) is 0. The van der Waals surface area contributed by atoms with Crippen molar-refractivity contribution in [2.24, 2.45) is 0 Å². The molecule has 1 aromatic heterocycles. The minimum Gasteiger partial charge on any atom is -0.311 e. The second kappa shape index (κ2) is 10.3. The topological polar surface area (TPSA) is 29.0 Å². The number of hydrogen-bond acceptors (Lipinski definition) is 3. The summed E-state index contributed by atoms with van der Waals surface area (Å²) < 4.78 is 0. The van der Waals surface area contributed by atoms with Crippen LogP contribution in [0, 0.1) is 0 Å². The minimum absolute atomic E-state index is 0.909. The molecule has 3 heteroatoms. The van der Waals surface area contributed by atoms with Gasteiger partial charge in [0.2, 0.25) is 0 Å². The number of aromatic nitrogens is 2. The first-order valence-electron chi connectivity index (χ1n) is 12.3. The average Bonchev–Trinajstić information content (AvgIpc) is 2.99. The quantitative estimate of drug-likeness (QED) is 0.241. The number of para-hydroxylation sites is 2. The van der Waals surface area contributed by atoms with Crippen molar-refractivity contribution in [2.45, 2.75) is 0 Å². The molecule has 0 atom stereocenters. The van der Waals surface area contributed by atoms with E-state index in [0.717, 1.165) is 50.7 Å². The molecule has 0 spiro atoms. The summed E-state index contributed by atoms with van der Waals surface area (Å²) in [4.78, 5) is 11.3. The standard InChI is InChI=1S/C34H25N3/c1-4-11-27(12-5-1)33-24-34(36-25-35-33)29-14-10-13-28(23-29)26-19-21-32(22-20-26)37(30-15-6-2-7-16-30)31-17-8-3-9-18-31/h1-25H. The van der Waals surface area contributed by atoms with Gasteiger partial charge in [-0.05, 0) is 59.7 Å². The molecule has 0 aliphatic carbocycles. The minimum atomic E-state index is 0.909. The predicted molar refractivity (Wildman–Crippen MR) is 153 cm³/mol. The lowest BCUT2D eigenvalue weighted by molar-refractivity contribution is 1.18. The summed E-state index contributed by atoms with van der Waals surface area (Å²) in [6.07, 6.45) is 1.64. The third kappa shape index (κ3) is 4.89. The summed E-state index contributed by atoms with van der Waals surface area (Å²) in [5, 5.41) is 0. The zero-order chi connectivity index (χ0) is 24.9. The fourth-order valence-electron chi connectivity index (χ4n) is 4.54. The van der Waals surface area contributed by atoms with Crippen molar-refractivity contribution < 1.29 is 0 Å². The van der Waals surface area contributed by atoms with Gasteiger partial charge in [-0.15, -0.1) is 0 Å². The fourth-order valence-corrected chi connectivity index (χ4v) is 4.54. The van der Waals surface area contributed by atoms with E-state index in [1.165, 1.54) is 0 Å². The van der Waals surface area contributed by atoms with Gasteiger partial charge in [-0.2, -0.15) is 0 Å². The van der Waals surface area contributed by atoms with Crippen molar-refractivity contribution in [1.29, 1.82) is 0 Å². The highest BCUT2D eigenvalue weighted by Gasteiger charge is 2.12. The van der Waals surface area contributed by atoms with E-state index in [2.05, 4.69) is 130 Å². The monoisotopic (exact) mass is 475 g/mol. The molecule has 0 amide bonds. The lowest BCUT2D eigenvalue weighted by Crippen LogP contribution is -2.09. The zero-order valence-corrected chi connectivity index (χ0v) is 20.3. The zero-order valence-electron chi connectivity index (χ0n) is 20.3. The molecule has 6 aromatic rings. The van der Waals surface area contributed by atoms with Crippen LogP contribution in [-0.2, 0) is 0 Å². The molecule has 3 nitrogen and oxygen atoms in total. The molecule has 0 aliphatic heterocycles. The number of hydrogen-bond donors (Lipinski definition) is 0. The van der Waals surface area contributed by atoms with E-state index < -0.39 is 0 Å². The first-order valence-corrected chi connectivity index (χ1v) is 12.3. The third-order valence-electron chi connectivity index (χ3n) is 6.38. The Morgan fingerprint density at radius 1 is 0.351 bits per heavy atom. The average molecular weight is 476 g/mol. The summed E-state index contributed by atoms with van der Waals surface area (Å²) in [6.45, 7) is 0. The molecular formula is C34H25N3. The Morgan fingerprint density at radius 2 is 0.838 bits per heavy atom. The molecule has 0 fully saturated rings. The molecule has 0 saturated heterocycles. The summed E-state index contributed by atoms with van der Waals surface area (Å²) in [5.41, 5.74) is 9.65. The first kappa shape index (κ1) is 22.4. The highest BCUT2D eigenvalue weighted by molar-refractivity contribution is 5.79.